The Bertz CT molecular complexity index is 1690. The summed E-state index contributed by atoms with van der Waals surface area (Å²) in [5.41, 5.74) is 20.1. The lowest BCUT2D eigenvalue weighted by molar-refractivity contribution is -0.760. The second-order valence-electron chi connectivity index (χ2n) is 11.8. The van der Waals surface area contributed by atoms with Crippen molar-refractivity contribution in [3.63, 3.8) is 0 Å². The van der Waals surface area contributed by atoms with Crippen LogP contribution in [0.5, 0.6) is 0 Å². The molecule has 6 atom stereocenters. The molecule has 11 nitrogen and oxygen atoms in total. The zero-order valence-corrected chi connectivity index (χ0v) is 24.8. The molecule has 12 heteroatoms. The number of nitrogens with one attached hydrogen (secondary N) is 2. The maximum Gasteiger partial charge on any atom is 0.337 e. The van der Waals surface area contributed by atoms with Crippen molar-refractivity contribution in [1.29, 1.82) is 0 Å². The number of fused-ring (bicyclic) bond motifs is 3. The summed E-state index contributed by atoms with van der Waals surface area (Å²) in [5, 5.41) is 4.36. The number of amides is 2. The maximum atomic E-state index is 14.2. The number of carbonyl (C=O) groups excluding carboxylic acids is 3. The van der Waals surface area contributed by atoms with Gasteiger partial charge in [-0.1, -0.05) is 37.3 Å². The van der Waals surface area contributed by atoms with Crippen molar-refractivity contribution >= 4 is 56.0 Å². The highest BCUT2D eigenvalue weighted by molar-refractivity contribution is 7.20. The zero-order chi connectivity index (χ0) is 30.3. The first-order valence-corrected chi connectivity index (χ1v) is 15.5. The van der Waals surface area contributed by atoms with Gasteiger partial charge in [-0.3, -0.25) is 14.6 Å². The number of hydrogen-bond acceptors (Lipinski definition) is 7. The van der Waals surface area contributed by atoms with E-state index in [9.17, 15) is 14.4 Å². The molecule has 2 fully saturated rings. The van der Waals surface area contributed by atoms with Crippen LogP contribution in [0.4, 0.5) is 0 Å². The second kappa shape index (κ2) is 11.5. The van der Waals surface area contributed by atoms with Crippen LogP contribution in [0.15, 0.2) is 59.7 Å². The third kappa shape index (κ3) is 5.41. The molecule has 6 rings (SSSR count). The van der Waals surface area contributed by atoms with Gasteiger partial charge in [-0.25, -0.2) is 14.3 Å². The number of nitrogens with two attached hydrogens (primary N) is 3. The van der Waals surface area contributed by atoms with Crippen molar-refractivity contribution in [2.45, 2.75) is 56.8 Å². The molecule has 2 saturated heterocycles. The number of aromatic nitrogens is 2. The average Bonchev–Trinajstić information content (AvgIpc) is 3.41. The minimum absolute atomic E-state index is 0.00644. The summed E-state index contributed by atoms with van der Waals surface area (Å²) in [6.07, 6.45) is 3.65. The molecule has 2 aliphatic rings. The smallest absolute Gasteiger partial charge is 0.337 e. The number of aliphatic imine (C=N–C) groups is 1. The van der Waals surface area contributed by atoms with Crippen LogP contribution < -0.4 is 22.5 Å². The molecule has 2 aliphatic heterocycles. The molecule has 2 amide bonds. The van der Waals surface area contributed by atoms with Crippen molar-refractivity contribution in [2.24, 2.45) is 28.1 Å². The van der Waals surface area contributed by atoms with Gasteiger partial charge in [-0.05, 0) is 43.0 Å². The molecule has 4 heterocycles. The summed E-state index contributed by atoms with van der Waals surface area (Å²) < 4.78 is 0.931. The fourth-order valence-electron chi connectivity index (χ4n) is 6.79. The summed E-state index contributed by atoms with van der Waals surface area (Å²) >= 11 is 1.34. The van der Waals surface area contributed by atoms with E-state index in [0.717, 1.165) is 26.7 Å². The van der Waals surface area contributed by atoms with E-state index in [1.165, 1.54) is 11.3 Å². The highest BCUT2D eigenvalue weighted by Crippen LogP contribution is 2.48. The highest BCUT2D eigenvalue weighted by atomic mass is 32.1. The minimum Gasteiger partial charge on any atom is -0.370 e. The molecule has 224 valence electrons. The number of hydrogen-bond donors (Lipinski definition) is 5. The van der Waals surface area contributed by atoms with E-state index in [0.29, 0.717) is 43.8 Å². The van der Waals surface area contributed by atoms with Crippen LogP contribution in [0.3, 0.4) is 0 Å². The normalized spacial score (nSPS) is 24.3. The molecular weight excluding hydrogens is 564 g/mol. The summed E-state index contributed by atoms with van der Waals surface area (Å²) in [6, 6.07) is 13.3. The van der Waals surface area contributed by atoms with Crippen LogP contribution >= 0.6 is 11.3 Å². The molecule has 2 aromatic carbocycles. The van der Waals surface area contributed by atoms with Gasteiger partial charge < -0.3 is 27.5 Å². The van der Waals surface area contributed by atoms with Gasteiger partial charge in [-0.2, -0.15) is 0 Å². The lowest BCUT2D eigenvalue weighted by atomic mass is 9.91. The van der Waals surface area contributed by atoms with E-state index in [-0.39, 0.29) is 40.0 Å². The summed E-state index contributed by atoms with van der Waals surface area (Å²) in [5.74, 6) is -0.568. The van der Waals surface area contributed by atoms with E-state index in [1.54, 1.807) is 0 Å². The Balaban J connectivity index is 1.23. The standard InChI is InChI=1S/C31H36N8O3S/c1-17-13-23(37-28(41)20(32)14-18-15-36-21-8-3-2-7-19(18)21)30(42)39(16-25(17)39)24(10-6-12-35-31(33)34)27(40)29-38-22-9-4-5-11-26(22)43-29/h2-5,7-9,11,15,17,20,23-25,36H,6,10,12-14,16,32H2,1H3,(H4-,33,34,35,37,41)/p+1/t17?,20-,23-,24-,25?,39?/m0/s1. The van der Waals surface area contributed by atoms with E-state index in [4.69, 9.17) is 17.2 Å². The fraction of sp³-hybridized carbons (Fsp3) is 0.387. The van der Waals surface area contributed by atoms with Crippen molar-refractivity contribution in [3.8, 4) is 0 Å². The van der Waals surface area contributed by atoms with Gasteiger partial charge in [0.25, 0.3) is 0 Å². The predicted octanol–water partition coefficient (Wildman–Crippen LogP) is 2.20. The number of ketones is 1. The van der Waals surface area contributed by atoms with E-state index >= 15 is 0 Å². The maximum absolute atomic E-state index is 14.2. The van der Waals surface area contributed by atoms with Crippen LogP contribution in [0.2, 0.25) is 0 Å². The molecule has 0 radical (unpaired) electrons. The lowest BCUT2D eigenvalue weighted by Crippen LogP contribution is -2.62. The van der Waals surface area contributed by atoms with Crippen LogP contribution in [0, 0.1) is 5.92 Å². The average molecular weight is 602 g/mol. The van der Waals surface area contributed by atoms with Crippen molar-refractivity contribution in [2.75, 3.05) is 13.1 Å². The Morgan fingerprint density at radius 1 is 1.19 bits per heavy atom. The lowest BCUT2D eigenvalue weighted by Gasteiger charge is -2.35. The number of piperidine rings is 1. The molecule has 2 aromatic heterocycles. The van der Waals surface area contributed by atoms with Gasteiger partial charge >= 0.3 is 5.91 Å². The summed E-state index contributed by atoms with van der Waals surface area (Å²) in [7, 11) is 0. The Hall–Kier alpha value is -4.13. The Morgan fingerprint density at radius 2 is 1.95 bits per heavy atom. The third-order valence-electron chi connectivity index (χ3n) is 8.98. The van der Waals surface area contributed by atoms with E-state index in [2.05, 4.69) is 27.2 Å². The highest BCUT2D eigenvalue weighted by Gasteiger charge is 2.72. The number of para-hydroxylation sites is 2. The monoisotopic (exact) mass is 601 g/mol. The molecule has 43 heavy (non-hydrogen) atoms. The largest absolute Gasteiger partial charge is 0.370 e. The number of carbonyl (C=O) groups is 3. The van der Waals surface area contributed by atoms with Crippen molar-refractivity contribution < 1.29 is 18.9 Å². The molecule has 4 aromatic rings. The zero-order valence-electron chi connectivity index (χ0n) is 24.0. The van der Waals surface area contributed by atoms with Gasteiger partial charge in [0.05, 0.1) is 16.3 Å². The van der Waals surface area contributed by atoms with Gasteiger partial charge in [0, 0.05) is 36.0 Å². The number of nitrogens with zero attached hydrogens (tertiary/aromatic N) is 3. The van der Waals surface area contributed by atoms with Gasteiger partial charge in [0.15, 0.2) is 17.0 Å². The quantitative estimate of drug-likeness (QED) is 0.0436. The van der Waals surface area contributed by atoms with E-state index < -0.39 is 18.1 Å². The Labute approximate surface area is 253 Å². The molecule has 8 N–H and O–H groups in total. The Kier molecular flexibility index (Phi) is 7.75. The number of aromatic amines is 1. The number of guanidine groups is 1. The molecule has 3 unspecified atom stereocenters. The number of benzene rings is 2. The van der Waals surface area contributed by atoms with Crippen molar-refractivity contribution in [1.82, 2.24) is 15.3 Å². The number of quaternary nitrogens is 1. The van der Waals surface area contributed by atoms with Crippen LogP contribution in [-0.4, -0.2) is 75.3 Å². The summed E-state index contributed by atoms with van der Waals surface area (Å²) in [4.78, 5) is 53.6. The molecule has 0 aliphatic carbocycles. The second-order valence-corrected chi connectivity index (χ2v) is 12.8. The van der Waals surface area contributed by atoms with Gasteiger partial charge in [0.2, 0.25) is 11.7 Å². The van der Waals surface area contributed by atoms with Crippen LogP contribution in [-0.2, 0) is 16.0 Å². The van der Waals surface area contributed by atoms with Gasteiger partial charge in [-0.15, -0.1) is 11.3 Å². The first-order chi connectivity index (χ1) is 20.7. The Morgan fingerprint density at radius 3 is 2.74 bits per heavy atom. The molecule has 0 saturated carbocycles. The number of Topliss-reactive ketones (excluding diaryl/α,β-unsaturated/α-hetero) is 1. The predicted molar refractivity (Wildman–Crippen MR) is 167 cm³/mol. The first-order valence-electron chi connectivity index (χ1n) is 14.7. The van der Waals surface area contributed by atoms with Crippen LogP contribution in [0.25, 0.3) is 21.1 Å². The number of thiazole rings is 1. The number of H-pyrrole nitrogens is 1. The molecular formula is C31H37N8O3S+. The topological polar surface area (TPSA) is 182 Å². The molecule has 0 bridgehead atoms. The fourth-order valence-corrected chi connectivity index (χ4v) is 7.75. The third-order valence-corrected chi connectivity index (χ3v) is 10.0. The number of rotatable bonds is 11. The van der Waals surface area contributed by atoms with E-state index in [1.807, 2.05) is 54.7 Å². The molecule has 0 spiro atoms. The first kappa shape index (κ1) is 29.0. The minimum atomic E-state index is -0.831. The van der Waals surface area contributed by atoms with Crippen LogP contribution in [0.1, 0.15) is 41.6 Å². The SMILES string of the molecule is CC1C[C@H](NC(=O)[C@@H](N)Cc2c[nH]c3ccccc23)C(=O)[N+]2([C@@H](CCCN=C(N)N)C(=O)c3nc4ccccc4s3)CC12. The summed E-state index contributed by atoms with van der Waals surface area (Å²) in [6.45, 7) is 2.99. The van der Waals surface area contributed by atoms with Gasteiger partial charge in [0.1, 0.15) is 18.6 Å². The van der Waals surface area contributed by atoms with Crippen molar-refractivity contribution in [3.05, 3.63) is 65.3 Å².